The van der Waals surface area contributed by atoms with Crippen molar-refractivity contribution in [1.82, 2.24) is 10.2 Å². The Morgan fingerprint density at radius 1 is 1.30 bits per heavy atom. The van der Waals surface area contributed by atoms with Gasteiger partial charge >= 0.3 is 0 Å². The summed E-state index contributed by atoms with van der Waals surface area (Å²) < 4.78 is 1.14. The molecule has 4 nitrogen and oxygen atoms in total. The number of nitrogens with zero attached hydrogens (tertiary/aromatic N) is 2. The number of guanidine groups is 1. The van der Waals surface area contributed by atoms with Crippen LogP contribution in [0.1, 0.15) is 16.0 Å². The van der Waals surface area contributed by atoms with E-state index >= 15 is 0 Å². The molecule has 2 N–H and O–H groups in total. The van der Waals surface area contributed by atoms with Gasteiger partial charge in [0.2, 0.25) is 0 Å². The van der Waals surface area contributed by atoms with Crippen molar-refractivity contribution < 1.29 is 5.11 Å². The number of rotatable bonds is 5. The molecule has 0 spiro atoms. The molecule has 0 aliphatic rings. The number of aliphatic hydroxyl groups is 1. The van der Waals surface area contributed by atoms with Crippen molar-refractivity contribution in [1.29, 1.82) is 0 Å². The quantitative estimate of drug-likeness (QED) is 0.366. The summed E-state index contributed by atoms with van der Waals surface area (Å²) in [4.78, 5) is 7.69. The molecular weight excluding hydrogens is 489 g/mol. The van der Waals surface area contributed by atoms with E-state index in [4.69, 9.17) is 0 Å². The SMILES string of the molecule is CN=C(NCc1cccc(CO)c1)N(C)Cc1ccc(Br)s1.I. The summed E-state index contributed by atoms with van der Waals surface area (Å²) in [5, 5.41) is 12.5. The normalized spacial score (nSPS) is 11.0. The van der Waals surface area contributed by atoms with Gasteiger partial charge in [0.1, 0.15) is 0 Å². The molecule has 2 aromatic rings. The summed E-state index contributed by atoms with van der Waals surface area (Å²) in [6, 6.07) is 12.1. The Hall–Kier alpha value is -0.640. The van der Waals surface area contributed by atoms with Crippen molar-refractivity contribution in [2.45, 2.75) is 19.7 Å². The third-order valence-corrected chi connectivity index (χ3v) is 4.83. The number of thiophene rings is 1. The second kappa shape index (κ2) is 10.3. The highest BCUT2D eigenvalue weighted by Crippen LogP contribution is 2.22. The number of benzene rings is 1. The Kier molecular flexibility index (Phi) is 9.11. The summed E-state index contributed by atoms with van der Waals surface area (Å²) in [5.41, 5.74) is 2.05. The Labute approximate surface area is 166 Å². The van der Waals surface area contributed by atoms with Crippen LogP contribution in [0.5, 0.6) is 0 Å². The van der Waals surface area contributed by atoms with Crippen LogP contribution in [0.2, 0.25) is 0 Å². The van der Waals surface area contributed by atoms with Gasteiger partial charge in [0.05, 0.1) is 16.9 Å². The van der Waals surface area contributed by atoms with E-state index in [9.17, 15) is 5.11 Å². The fraction of sp³-hybridized carbons (Fsp3) is 0.312. The predicted molar refractivity (Wildman–Crippen MR) is 111 cm³/mol. The van der Waals surface area contributed by atoms with E-state index < -0.39 is 0 Å². The van der Waals surface area contributed by atoms with Crippen molar-refractivity contribution in [2.75, 3.05) is 14.1 Å². The number of hydrogen-bond donors (Lipinski definition) is 2. The fourth-order valence-electron chi connectivity index (χ4n) is 2.15. The van der Waals surface area contributed by atoms with E-state index in [1.165, 1.54) is 4.88 Å². The zero-order valence-corrected chi connectivity index (χ0v) is 17.9. The molecule has 0 fully saturated rings. The first-order valence-electron chi connectivity index (χ1n) is 6.97. The van der Waals surface area contributed by atoms with Gasteiger partial charge in [0, 0.05) is 25.5 Å². The second-order valence-electron chi connectivity index (χ2n) is 4.94. The summed E-state index contributed by atoms with van der Waals surface area (Å²) in [5.74, 6) is 0.846. The van der Waals surface area contributed by atoms with Crippen molar-refractivity contribution in [3.63, 3.8) is 0 Å². The Morgan fingerprint density at radius 3 is 2.65 bits per heavy atom. The minimum absolute atomic E-state index is 0. The first kappa shape index (κ1) is 20.4. The second-order valence-corrected chi connectivity index (χ2v) is 7.49. The van der Waals surface area contributed by atoms with Crippen LogP contribution < -0.4 is 5.32 Å². The third-order valence-electron chi connectivity index (χ3n) is 3.22. The van der Waals surface area contributed by atoms with E-state index in [2.05, 4.69) is 43.3 Å². The molecule has 1 aromatic carbocycles. The van der Waals surface area contributed by atoms with E-state index in [1.54, 1.807) is 18.4 Å². The van der Waals surface area contributed by atoms with Crippen LogP contribution >= 0.6 is 51.2 Å². The molecule has 126 valence electrons. The standard InChI is InChI=1S/C16H20BrN3OS.HI/c1-18-16(20(2)10-14-6-7-15(17)22-14)19-9-12-4-3-5-13(8-12)11-21;/h3-8,21H,9-11H2,1-2H3,(H,18,19);1H. The van der Waals surface area contributed by atoms with Crippen molar-refractivity contribution in [3.05, 3.63) is 56.2 Å². The number of hydrogen-bond acceptors (Lipinski definition) is 3. The molecule has 0 bridgehead atoms. The van der Waals surface area contributed by atoms with Crippen molar-refractivity contribution in [2.24, 2.45) is 4.99 Å². The van der Waals surface area contributed by atoms with E-state index in [0.717, 1.165) is 27.4 Å². The molecule has 0 aliphatic heterocycles. The summed E-state index contributed by atoms with van der Waals surface area (Å²) in [7, 11) is 3.81. The fourth-order valence-corrected chi connectivity index (χ4v) is 3.69. The van der Waals surface area contributed by atoms with Gasteiger partial charge in [-0.05, 0) is 39.2 Å². The first-order valence-corrected chi connectivity index (χ1v) is 8.58. The molecule has 0 atom stereocenters. The zero-order chi connectivity index (χ0) is 15.9. The van der Waals surface area contributed by atoms with Crippen LogP contribution in [0.15, 0.2) is 45.2 Å². The van der Waals surface area contributed by atoms with Crippen molar-refractivity contribution in [3.8, 4) is 0 Å². The maximum Gasteiger partial charge on any atom is 0.193 e. The minimum atomic E-state index is 0. The molecule has 1 heterocycles. The summed E-state index contributed by atoms with van der Waals surface area (Å²) in [6.45, 7) is 1.56. The van der Waals surface area contributed by atoms with Crippen LogP contribution in [0, 0.1) is 0 Å². The van der Waals surface area contributed by atoms with E-state index in [-0.39, 0.29) is 30.6 Å². The van der Waals surface area contributed by atoms with Gasteiger partial charge in [0.25, 0.3) is 0 Å². The molecule has 0 saturated heterocycles. The molecule has 2 rings (SSSR count). The number of halogens is 2. The number of aliphatic hydroxyl groups excluding tert-OH is 1. The van der Waals surface area contributed by atoms with Gasteiger partial charge in [-0.1, -0.05) is 24.3 Å². The van der Waals surface area contributed by atoms with Gasteiger partial charge in [-0.15, -0.1) is 35.3 Å². The third kappa shape index (κ3) is 6.40. The Bertz CT molecular complexity index is 648. The largest absolute Gasteiger partial charge is 0.392 e. The predicted octanol–water partition coefficient (Wildman–Crippen LogP) is 3.83. The van der Waals surface area contributed by atoms with E-state index in [1.807, 2.05) is 31.3 Å². The van der Waals surface area contributed by atoms with Crippen LogP contribution in [0.4, 0.5) is 0 Å². The van der Waals surface area contributed by atoms with E-state index in [0.29, 0.717) is 6.54 Å². The average Bonchev–Trinajstić information content (AvgIpc) is 2.93. The molecule has 0 radical (unpaired) electrons. The average molecular weight is 510 g/mol. The van der Waals surface area contributed by atoms with Gasteiger partial charge in [-0.2, -0.15) is 0 Å². The lowest BCUT2D eigenvalue weighted by atomic mass is 10.1. The van der Waals surface area contributed by atoms with Gasteiger partial charge in [0.15, 0.2) is 5.96 Å². The van der Waals surface area contributed by atoms with Crippen LogP contribution in [0.3, 0.4) is 0 Å². The monoisotopic (exact) mass is 509 g/mol. The zero-order valence-electron chi connectivity index (χ0n) is 13.1. The lowest BCUT2D eigenvalue weighted by Crippen LogP contribution is -2.37. The first-order chi connectivity index (χ1) is 10.6. The van der Waals surface area contributed by atoms with Gasteiger partial charge in [-0.25, -0.2) is 0 Å². The van der Waals surface area contributed by atoms with Gasteiger partial charge in [-0.3, -0.25) is 4.99 Å². The molecule has 0 saturated carbocycles. The minimum Gasteiger partial charge on any atom is -0.392 e. The topological polar surface area (TPSA) is 47.9 Å². The molecule has 0 amide bonds. The summed E-state index contributed by atoms with van der Waals surface area (Å²) in [6.07, 6.45) is 0. The molecule has 0 aliphatic carbocycles. The Morgan fingerprint density at radius 2 is 2.04 bits per heavy atom. The lowest BCUT2D eigenvalue weighted by molar-refractivity contribution is 0.281. The number of aliphatic imine (C=N–C) groups is 1. The molecule has 0 unspecified atom stereocenters. The Balaban J connectivity index is 0.00000264. The lowest BCUT2D eigenvalue weighted by Gasteiger charge is -2.21. The van der Waals surface area contributed by atoms with Crippen LogP contribution in [0.25, 0.3) is 0 Å². The highest BCUT2D eigenvalue weighted by Gasteiger charge is 2.08. The summed E-state index contributed by atoms with van der Waals surface area (Å²) >= 11 is 5.21. The van der Waals surface area contributed by atoms with Crippen LogP contribution in [-0.2, 0) is 19.7 Å². The van der Waals surface area contributed by atoms with Crippen molar-refractivity contribution >= 4 is 57.2 Å². The molecule has 23 heavy (non-hydrogen) atoms. The smallest absolute Gasteiger partial charge is 0.193 e. The van der Waals surface area contributed by atoms with Gasteiger partial charge < -0.3 is 15.3 Å². The molecular formula is C16H21BrIN3OS. The molecule has 7 heteroatoms. The highest BCUT2D eigenvalue weighted by atomic mass is 127. The van der Waals surface area contributed by atoms with Crippen LogP contribution in [-0.4, -0.2) is 30.1 Å². The highest BCUT2D eigenvalue weighted by molar-refractivity contribution is 14.0. The maximum atomic E-state index is 9.18. The maximum absolute atomic E-state index is 9.18. The number of nitrogens with one attached hydrogen (secondary N) is 1. The molecule has 1 aromatic heterocycles.